The summed E-state index contributed by atoms with van der Waals surface area (Å²) in [5.74, 6) is 0.803. The van der Waals surface area contributed by atoms with E-state index in [1.165, 1.54) is 0 Å². The Morgan fingerprint density at radius 1 is 1.28 bits per heavy atom. The molecule has 2 unspecified atom stereocenters. The van der Waals surface area contributed by atoms with E-state index >= 15 is 0 Å². The minimum absolute atomic E-state index is 0.0601. The third-order valence-electron chi connectivity index (χ3n) is 4.85. The number of hydrogen-bond donors (Lipinski definition) is 1. The monoisotopic (exact) mass is 404 g/mol. The molecule has 0 aliphatic carbocycles. The zero-order valence-electron chi connectivity index (χ0n) is 13.9. The van der Waals surface area contributed by atoms with Crippen LogP contribution >= 0.6 is 15.9 Å². The summed E-state index contributed by atoms with van der Waals surface area (Å²) in [6, 6.07) is 9.85. The molecule has 2 aliphatic rings. The van der Waals surface area contributed by atoms with Crippen LogP contribution in [0.1, 0.15) is 30.1 Å². The lowest BCUT2D eigenvalue weighted by atomic mass is 10.00. The molecule has 132 valence electrons. The van der Waals surface area contributed by atoms with Gasteiger partial charge in [0, 0.05) is 29.9 Å². The number of furan rings is 1. The predicted molar refractivity (Wildman–Crippen MR) is 98.5 cm³/mol. The van der Waals surface area contributed by atoms with Crippen molar-refractivity contribution in [2.45, 2.75) is 31.4 Å². The highest BCUT2D eigenvalue weighted by Crippen LogP contribution is 2.35. The first-order valence-corrected chi connectivity index (χ1v) is 9.45. The summed E-state index contributed by atoms with van der Waals surface area (Å²) in [5.41, 5.74) is 1.96. The lowest BCUT2D eigenvalue weighted by molar-refractivity contribution is -0.117. The predicted octanol–water partition coefficient (Wildman–Crippen LogP) is 3.76. The number of anilines is 1. The number of amides is 1. The summed E-state index contributed by atoms with van der Waals surface area (Å²) in [6.45, 7) is 2.99. The molecule has 1 fully saturated rings. The Morgan fingerprint density at radius 3 is 2.96 bits per heavy atom. The smallest absolute Gasteiger partial charge is 0.233 e. The molecule has 0 saturated carbocycles. The summed E-state index contributed by atoms with van der Waals surface area (Å²) in [7, 11) is 0. The van der Waals surface area contributed by atoms with E-state index in [9.17, 15) is 4.79 Å². The van der Waals surface area contributed by atoms with Crippen LogP contribution in [0.3, 0.4) is 0 Å². The number of carbonyl (C=O) groups excluding carboxylic acids is 1. The number of fused-ring (bicyclic) bond motifs is 1. The SMILES string of the molecule is O=C1Nc2cc(Br)ccc2C1CN(Cc1ccco1)CC1CCCO1. The molecule has 25 heavy (non-hydrogen) atoms. The first-order valence-electron chi connectivity index (χ1n) is 8.66. The highest BCUT2D eigenvalue weighted by atomic mass is 79.9. The maximum atomic E-state index is 12.5. The molecule has 1 N–H and O–H groups in total. The highest BCUT2D eigenvalue weighted by molar-refractivity contribution is 9.10. The van der Waals surface area contributed by atoms with Crippen LogP contribution in [0.2, 0.25) is 0 Å². The molecule has 2 aliphatic heterocycles. The fourth-order valence-corrected chi connectivity index (χ4v) is 4.01. The van der Waals surface area contributed by atoms with Gasteiger partial charge in [0.15, 0.2) is 0 Å². The number of benzene rings is 1. The fraction of sp³-hybridized carbons (Fsp3) is 0.421. The number of halogens is 1. The van der Waals surface area contributed by atoms with Gasteiger partial charge in [-0.15, -0.1) is 0 Å². The standard InChI is InChI=1S/C19H21BrN2O3/c20-13-5-6-16-17(19(23)21-18(16)9-13)12-22(10-14-3-1-7-24-14)11-15-4-2-8-25-15/h1,3,5-7,9,15,17H,2,4,8,10-12H2,(H,21,23). The average Bonchev–Trinajstić information content (AvgIpc) is 3.31. The van der Waals surface area contributed by atoms with Crippen LogP contribution < -0.4 is 5.32 Å². The van der Waals surface area contributed by atoms with Crippen LogP contribution in [0.25, 0.3) is 0 Å². The van der Waals surface area contributed by atoms with Gasteiger partial charge < -0.3 is 14.5 Å². The third-order valence-corrected chi connectivity index (χ3v) is 5.34. The Balaban J connectivity index is 1.52. The fourth-order valence-electron chi connectivity index (χ4n) is 3.64. The average molecular weight is 405 g/mol. The van der Waals surface area contributed by atoms with Crippen molar-refractivity contribution >= 4 is 27.5 Å². The quantitative estimate of drug-likeness (QED) is 0.795. The van der Waals surface area contributed by atoms with Gasteiger partial charge in [-0.3, -0.25) is 9.69 Å². The van der Waals surface area contributed by atoms with Crippen LogP contribution in [-0.4, -0.2) is 36.6 Å². The van der Waals surface area contributed by atoms with Crippen LogP contribution in [0, 0.1) is 0 Å². The van der Waals surface area contributed by atoms with Crippen LogP contribution in [0.5, 0.6) is 0 Å². The molecule has 1 aromatic heterocycles. The first kappa shape index (κ1) is 16.8. The lowest BCUT2D eigenvalue weighted by Crippen LogP contribution is -2.36. The van der Waals surface area contributed by atoms with E-state index in [1.807, 2.05) is 30.3 Å². The third kappa shape index (κ3) is 3.81. The summed E-state index contributed by atoms with van der Waals surface area (Å²) >= 11 is 3.46. The van der Waals surface area contributed by atoms with Gasteiger partial charge in [0.1, 0.15) is 5.76 Å². The topological polar surface area (TPSA) is 54.7 Å². The Morgan fingerprint density at radius 2 is 2.20 bits per heavy atom. The van der Waals surface area contributed by atoms with E-state index in [0.29, 0.717) is 13.1 Å². The second-order valence-corrected chi connectivity index (χ2v) is 7.60. The van der Waals surface area contributed by atoms with Crippen molar-refractivity contribution < 1.29 is 13.9 Å². The first-order chi connectivity index (χ1) is 12.2. The molecule has 2 atom stereocenters. The number of hydrogen-bond acceptors (Lipinski definition) is 4. The lowest BCUT2D eigenvalue weighted by Gasteiger charge is -2.26. The Bertz CT molecular complexity index is 741. The molecular weight excluding hydrogens is 384 g/mol. The molecule has 0 radical (unpaired) electrons. The van der Waals surface area contributed by atoms with Gasteiger partial charge in [0.25, 0.3) is 0 Å². The normalized spacial score (nSPS) is 22.4. The van der Waals surface area contributed by atoms with Crippen molar-refractivity contribution in [1.29, 1.82) is 0 Å². The molecule has 1 aromatic carbocycles. The van der Waals surface area contributed by atoms with Gasteiger partial charge in [-0.05, 0) is 42.7 Å². The summed E-state index contributed by atoms with van der Waals surface area (Å²) in [4.78, 5) is 14.8. The Labute approximate surface area is 155 Å². The number of carbonyl (C=O) groups is 1. The molecular formula is C19H21BrN2O3. The number of rotatable bonds is 6. The largest absolute Gasteiger partial charge is 0.468 e. The molecule has 1 saturated heterocycles. The maximum Gasteiger partial charge on any atom is 0.233 e. The van der Waals surface area contributed by atoms with E-state index in [-0.39, 0.29) is 17.9 Å². The summed E-state index contributed by atoms with van der Waals surface area (Å²) in [6.07, 6.45) is 4.12. The minimum Gasteiger partial charge on any atom is -0.468 e. The van der Waals surface area contributed by atoms with Crippen LogP contribution in [0.4, 0.5) is 5.69 Å². The zero-order valence-corrected chi connectivity index (χ0v) is 15.5. The van der Waals surface area contributed by atoms with E-state index in [1.54, 1.807) is 6.26 Å². The number of nitrogens with zero attached hydrogens (tertiary/aromatic N) is 1. The molecule has 1 amide bonds. The van der Waals surface area contributed by atoms with E-state index in [4.69, 9.17) is 9.15 Å². The van der Waals surface area contributed by atoms with Crippen LogP contribution in [-0.2, 0) is 16.1 Å². The maximum absolute atomic E-state index is 12.5. The minimum atomic E-state index is -0.167. The number of nitrogens with one attached hydrogen (secondary N) is 1. The molecule has 6 heteroatoms. The zero-order chi connectivity index (χ0) is 17.2. The van der Waals surface area contributed by atoms with Crippen molar-refractivity contribution in [1.82, 2.24) is 4.90 Å². The van der Waals surface area contributed by atoms with E-state index < -0.39 is 0 Å². The van der Waals surface area contributed by atoms with Gasteiger partial charge in [-0.1, -0.05) is 22.0 Å². The molecule has 0 bridgehead atoms. The number of ether oxygens (including phenoxy) is 1. The second-order valence-electron chi connectivity index (χ2n) is 6.68. The Kier molecular flexibility index (Phi) is 4.92. The van der Waals surface area contributed by atoms with Crippen molar-refractivity contribution in [3.8, 4) is 0 Å². The van der Waals surface area contributed by atoms with Gasteiger partial charge in [-0.2, -0.15) is 0 Å². The Hall–Kier alpha value is -1.63. The van der Waals surface area contributed by atoms with E-state index in [0.717, 1.165) is 47.5 Å². The summed E-state index contributed by atoms with van der Waals surface area (Å²) in [5, 5.41) is 3.00. The van der Waals surface area contributed by atoms with E-state index in [2.05, 4.69) is 26.1 Å². The summed E-state index contributed by atoms with van der Waals surface area (Å²) < 4.78 is 12.3. The van der Waals surface area contributed by atoms with Gasteiger partial charge >= 0.3 is 0 Å². The van der Waals surface area contributed by atoms with Crippen LogP contribution in [0.15, 0.2) is 45.5 Å². The van der Waals surface area contributed by atoms with Crippen molar-refractivity contribution in [3.63, 3.8) is 0 Å². The van der Waals surface area contributed by atoms with Crippen molar-refractivity contribution in [3.05, 3.63) is 52.4 Å². The van der Waals surface area contributed by atoms with Gasteiger partial charge in [0.2, 0.25) is 5.91 Å². The van der Waals surface area contributed by atoms with Gasteiger partial charge in [0.05, 0.1) is 24.8 Å². The molecule has 0 spiro atoms. The highest BCUT2D eigenvalue weighted by Gasteiger charge is 2.33. The molecule has 4 rings (SSSR count). The molecule has 3 heterocycles. The molecule has 2 aromatic rings. The van der Waals surface area contributed by atoms with Gasteiger partial charge in [-0.25, -0.2) is 0 Å². The molecule has 5 nitrogen and oxygen atoms in total. The van der Waals surface area contributed by atoms with Crippen molar-refractivity contribution in [2.75, 3.05) is 25.0 Å². The van der Waals surface area contributed by atoms with Crippen molar-refractivity contribution in [2.24, 2.45) is 0 Å². The second kappa shape index (κ2) is 7.32.